The Balaban J connectivity index is 2.02. The summed E-state index contributed by atoms with van der Waals surface area (Å²) in [6.07, 6.45) is 0.118. The van der Waals surface area contributed by atoms with E-state index in [1.165, 1.54) is 0 Å². The van der Waals surface area contributed by atoms with Gasteiger partial charge in [0.05, 0.1) is 6.04 Å². The molecule has 0 saturated carbocycles. The van der Waals surface area contributed by atoms with E-state index in [0.717, 1.165) is 5.56 Å². The molecule has 138 valence electrons. The Hall–Kier alpha value is -2.04. The van der Waals surface area contributed by atoms with Crippen LogP contribution in [0, 0.1) is 5.92 Å². The van der Waals surface area contributed by atoms with Crippen LogP contribution in [0.4, 0.5) is 4.79 Å². The van der Waals surface area contributed by atoms with Crippen molar-refractivity contribution in [1.82, 2.24) is 9.80 Å². The summed E-state index contributed by atoms with van der Waals surface area (Å²) < 4.78 is 5.44. The van der Waals surface area contributed by atoms with Crippen LogP contribution >= 0.6 is 0 Å². The maximum Gasteiger partial charge on any atom is 0.410 e. The van der Waals surface area contributed by atoms with Crippen molar-refractivity contribution >= 4 is 12.0 Å². The van der Waals surface area contributed by atoms with Crippen LogP contribution in [0.5, 0.6) is 0 Å². The fourth-order valence-electron chi connectivity index (χ4n) is 3.19. The fraction of sp³-hybridized carbons (Fsp3) is 0.600. The maximum absolute atomic E-state index is 12.5. The molecule has 0 spiro atoms. The van der Waals surface area contributed by atoms with Crippen molar-refractivity contribution in [3.05, 3.63) is 35.9 Å². The Morgan fingerprint density at radius 3 is 2.40 bits per heavy atom. The molecule has 3 atom stereocenters. The lowest BCUT2D eigenvalue weighted by atomic mass is 9.99. The number of carbonyl (C=O) groups is 2. The van der Waals surface area contributed by atoms with Crippen molar-refractivity contribution in [2.75, 3.05) is 13.6 Å². The van der Waals surface area contributed by atoms with Gasteiger partial charge in [-0.1, -0.05) is 30.3 Å². The van der Waals surface area contributed by atoms with Crippen LogP contribution in [0.3, 0.4) is 0 Å². The van der Waals surface area contributed by atoms with E-state index in [2.05, 4.69) is 6.92 Å². The molecule has 0 aliphatic carbocycles. The number of amides is 2. The smallest absolute Gasteiger partial charge is 0.410 e. The molecule has 0 aromatic heterocycles. The predicted molar refractivity (Wildman–Crippen MR) is 98.1 cm³/mol. The van der Waals surface area contributed by atoms with Gasteiger partial charge in [-0.3, -0.25) is 4.79 Å². The van der Waals surface area contributed by atoms with Crippen LogP contribution in [0.1, 0.15) is 52.6 Å². The van der Waals surface area contributed by atoms with E-state index in [9.17, 15) is 9.59 Å². The van der Waals surface area contributed by atoms with Gasteiger partial charge in [0, 0.05) is 32.0 Å². The molecule has 1 saturated heterocycles. The van der Waals surface area contributed by atoms with E-state index in [4.69, 9.17) is 4.74 Å². The van der Waals surface area contributed by atoms with Gasteiger partial charge in [0.2, 0.25) is 5.91 Å². The van der Waals surface area contributed by atoms with Gasteiger partial charge in [-0.15, -0.1) is 0 Å². The third-order valence-corrected chi connectivity index (χ3v) is 4.91. The highest BCUT2D eigenvalue weighted by molar-refractivity contribution is 5.79. The summed E-state index contributed by atoms with van der Waals surface area (Å²) >= 11 is 0. The van der Waals surface area contributed by atoms with Crippen molar-refractivity contribution in [2.24, 2.45) is 5.92 Å². The average Bonchev–Trinajstić information content (AvgIpc) is 2.93. The molecule has 1 aliphatic rings. The van der Waals surface area contributed by atoms with Crippen LogP contribution in [0.15, 0.2) is 30.3 Å². The summed E-state index contributed by atoms with van der Waals surface area (Å²) in [5, 5.41) is 0. The second kappa shape index (κ2) is 7.46. The third kappa shape index (κ3) is 4.74. The molecule has 1 aromatic rings. The molecule has 5 heteroatoms. The van der Waals surface area contributed by atoms with Gasteiger partial charge in [0.25, 0.3) is 0 Å². The zero-order valence-electron chi connectivity index (χ0n) is 16.2. The number of rotatable bonds is 4. The predicted octanol–water partition coefficient (Wildman–Crippen LogP) is 3.85. The Morgan fingerprint density at radius 1 is 1.24 bits per heavy atom. The standard InChI is InChI=1S/C20H30N2O3/c1-14(21(6)19(24)25-20(3,4)5)17-12-18(23)22(13-17)15(2)16-10-8-7-9-11-16/h7-11,14-15,17H,12-13H2,1-6H3/t14-,15+,17-/m1/s1. The molecule has 1 heterocycles. The highest BCUT2D eigenvalue weighted by Gasteiger charge is 2.38. The van der Waals surface area contributed by atoms with Crippen LogP contribution in [0.2, 0.25) is 0 Å². The summed E-state index contributed by atoms with van der Waals surface area (Å²) in [6.45, 7) is 10.3. The highest BCUT2D eigenvalue weighted by atomic mass is 16.6. The zero-order valence-corrected chi connectivity index (χ0v) is 16.2. The lowest BCUT2D eigenvalue weighted by molar-refractivity contribution is -0.129. The van der Waals surface area contributed by atoms with Crippen molar-refractivity contribution in [3.63, 3.8) is 0 Å². The topological polar surface area (TPSA) is 49.9 Å². The Kier molecular flexibility index (Phi) is 5.76. The first-order valence-electron chi connectivity index (χ1n) is 8.90. The van der Waals surface area contributed by atoms with Gasteiger partial charge in [0.15, 0.2) is 0 Å². The van der Waals surface area contributed by atoms with Crippen molar-refractivity contribution in [1.29, 1.82) is 0 Å². The summed E-state index contributed by atoms with van der Waals surface area (Å²) in [5.74, 6) is 0.252. The van der Waals surface area contributed by atoms with E-state index in [-0.39, 0.29) is 30.0 Å². The molecule has 25 heavy (non-hydrogen) atoms. The number of nitrogens with zero attached hydrogens (tertiary/aromatic N) is 2. The Morgan fingerprint density at radius 2 is 1.84 bits per heavy atom. The lowest BCUT2D eigenvalue weighted by Crippen LogP contribution is -2.43. The second-order valence-corrected chi connectivity index (χ2v) is 7.93. The van der Waals surface area contributed by atoms with Gasteiger partial charge < -0.3 is 14.5 Å². The van der Waals surface area contributed by atoms with E-state index in [1.54, 1.807) is 11.9 Å². The average molecular weight is 346 g/mol. The maximum atomic E-state index is 12.5. The third-order valence-electron chi connectivity index (χ3n) is 4.91. The first-order chi connectivity index (χ1) is 11.6. The summed E-state index contributed by atoms with van der Waals surface area (Å²) in [4.78, 5) is 28.3. The molecule has 1 aliphatic heterocycles. The SMILES string of the molecule is C[C@H]([C@@H]1CC(=O)N([C@@H](C)c2ccccc2)C1)N(C)C(=O)OC(C)(C)C. The first kappa shape index (κ1) is 19.3. The van der Waals surface area contributed by atoms with Crippen molar-refractivity contribution in [2.45, 2.75) is 58.7 Å². The number of benzene rings is 1. The minimum Gasteiger partial charge on any atom is -0.444 e. The molecule has 0 unspecified atom stereocenters. The molecule has 2 amide bonds. The molecule has 0 bridgehead atoms. The molecule has 2 rings (SSSR count). The Bertz CT molecular complexity index is 609. The van der Waals surface area contributed by atoms with Crippen LogP contribution < -0.4 is 0 Å². The van der Waals surface area contributed by atoms with Crippen molar-refractivity contribution < 1.29 is 14.3 Å². The van der Waals surface area contributed by atoms with Crippen LogP contribution in [0.25, 0.3) is 0 Å². The molecule has 1 aromatic carbocycles. The number of ether oxygens (including phenoxy) is 1. The summed E-state index contributed by atoms with van der Waals surface area (Å²) in [7, 11) is 1.74. The second-order valence-electron chi connectivity index (χ2n) is 7.93. The van der Waals surface area contributed by atoms with Crippen LogP contribution in [-0.4, -0.2) is 47.0 Å². The van der Waals surface area contributed by atoms with Gasteiger partial charge in [-0.05, 0) is 40.2 Å². The quantitative estimate of drug-likeness (QED) is 0.832. The molecular weight excluding hydrogens is 316 g/mol. The summed E-state index contributed by atoms with van der Waals surface area (Å²) in [6, 6.07) is 10.0. The van der Waals surface area contributed by atoms with E-state index in [1.807, 2.05) is 62.9 Å². The zero-order chi connectivity index (χ0) is 18.8. The molecular formula is C20H30N2O3. The fourth-order valence-corrected chi connectivity index (χ4v) is 3.19. The largest absolute Gasteiger partial charge is 0.444 e. The number of likely N-dealkylation sites (tertiary alicyclic amines) is 1. The van der Waals surface area contributed by atoms with E-state index < -0.39 is 5.60 Å². The van der Waals surface area contributed by atoms with Gasteiger partial charge in [-0.2, -0.15) is 0 Å². The molecule has 0 N–H and O–H groups in total. The minimum absolute atomic E-state index is 0.0396. The van der Waals surface area contributed by atoms with E-state index >= 15 is 0 Å². The van der Waals surface area contributed by atoms with Crippen LogP contribution in [-0.2, 0) is 9.53 Å². The van der Waals surface area contributed by atoms with Gasteiger partial charge in [0.1, 0.15) is 5.60 Å². The number of carbonyl (C=O) groups excluding carboxylic acids is 2. The molecule has 0 radical (unpaired) electrons. The Labute approximate surface area is 150 Å². The molecule has 1 fully saturated rings. The number of hydrogen-bond donors (Lipinski definition) is 0. The van der Waals surface area contributed by atoms with Crippen molar-refractivity contribution in [3.8, 4) is 0 Å². The minimum atomic E-state index is -0.523. The van der Waals surface area contributed by atoms with Gasteiger partial charge >= 0.3 is 6.09 Å². The van der Waals surface area contributed by atoms with Gasteiger partial charge in [-0.25, -0.2) is 4.79 Å². The molecule has 5 nitrogen and oxygen atoms in total. The lowest BCUT2D eigenvalue weighted by Gasteiger charge is -2.32. The normalized spacial score (nSPS) is 20.3. The highest BCUT2D eigenvalue weighted by Crippen LogP contribution is 2.31. The monoisotopic (exact) mass is 346 g/mol. The summed E-state index contributed by atoms with van der Waals surface area (Å²) in [5.41, 5.74) is 0.606. The number of hydrogen-bond acceptors (Lipinski definition) is 3. The van der Waals surface area contributed by atoms with E-state index in [0.29, 0.717) is 13.0 Å². The first-order valence-corrected chi connectivity index (χ1v) is 8.90.